The van der Waals surface area contributed by atoms with E-state index in [9.17, 15) is 4.79 Å². The Morgan fingerprint density at radius 1 is 1.45 bits per heavy atom. The molecule has 3 N–H and O–H groups in total. The first-order chi connectivity index (χ1) is 9.69. The van der Waals surface area contributed by atoms with Crippen LogP contribution in [0.2, 0.25) is 0 Å². The summed E-state index contributed by atoms with van der Waals surface area (Å²) in [7, 11) is 0. The van der Waals surface area contributed by atoms with Gasteiger partial charge in [-0.3, -0.25) is 4.79 Å². The van der Waals surface area contributed by atoms with Crippen LogP contribution in [0.25, 0.3) is 0 Å². The molecule has 4 heteroatoms. The van der Waals surface area contributed by atoms with Gasteiger partial charge in [0.15, 0.2) is 0 Å². The molecular weight excluding hydrogens is 252 g/mol. The third-order valence-corrected chi connectivity index (χ3v) is 3.86. The normalized spacial score (nSPS) is 17.1. The number of benzene rings is 1. The second-order valence-corrected chi connectivity index (χ2v) is 5.52. The van der Waals surface area contributed by atoms with E-state index in [0.717, 1.165) is 11.3 Å². The fraction of sp³-hybridized carbons (Fsp3) is 0.562. The van der Waals surface area contributed by atoms with E-state index >= 15 is 0 Å². The molecule has 2 rings (SSSR count). The average Bonchev–Trinajstić information content (AvgIpc) is 2.98. The Labute approximate surface area is 120 Å². The largest absolute Gasteiger partial charge is 0.368 e. The topological polar surface area (TPSA) is 64.3 Å². The zero-order valence-corrected chi connectivity index (χ0v) is 12.1. The minimum absolute atomic E-state index is 0.0998. The highest BCUT2D eigenvalue weighted by molar-refractivity contribution is 5.93. The van der Waals surface area contributed by atoms with E-state index in [1.165, 1.54) is 25.7 Å². The summed E-state index contributed by atoms with van der Waals surface area (Å²) in [4.78, 5) is 12.0. The summed E-state index contributed by atoms with van der Waals surface area (Å²) in [6, 6.07) is 7.58. The summed E-state index contributed by atoms with van der Waals surface area (Å²) in [6.45, 7) is 2.96. The van der Waals surface area contributed by atoms with Gasteiger partial charge in [-0.25, -0.2) is 0 Å². The molecular formula is C16H24N2O2. The van der Waals surface area contributed by atoms with Crippen LogP contribution in [0.4, 0.5) is 5.69 Å². The lowest BCUT2D eigenvalue weighted by Crippen LogP contribution is -2.29. The Kier molecular flexibility index (Phi) is 5.56. The Morgan fingerprint density at radius 2 is 2.20 bits per heavy atom. The number of nitrogens with two attached hydrogens (primary N) is 1. The van der Waals surface area contributed by atoms with E-state index < -0.39 is 6.10 Å². The molecule has 110 valence electrons. The van der Waals surface area contributed by atoms with Crippen LogP contribution in [-0.2, 0) is 16.1 Å². The molecule has 1 atom stereocenters. The number of nitrogens with one attached hydrogen (secondary N) is 1. The summed E-state index contributed by atoms with van der Waals surface area (Å²) in [5.41, 5.74) is 7.36. The van der Waals surface area contributed by atoms with Crippen molar-refractivity contribution in [2.45, 2.75) is 45.3 Å². The number of hydrogen-bond donors (Lipinski definition) is 2. The standard InChI is InChI=1S/C16H24N2O2/c1-12(20-11-13-5-2-3-6-13)16(19)18-15-8-4-7-14(9-15)10-17/h4,7-9,12-13H,2-3,5-6,10-11,17H2,1H3,(H,18,19). The van der Waals surface area contributed by atoms with Gasteiger partial charge in [0.05, 0.1) is 6.61 Å². The van der Waals surface area contributed by atoms with Gasteiger partial charge in [-0.1, -0.05) is 25.0 Å². The predicted octanol–water partition coefficient (Wildman–Crippen LogP) is 2.68. The number of hydrogen-bond acceptors (Lipinski definition) is 3. The first kappa shape index (κ1) is 15.0. The van der Waals surface area contributed by atoms with Crippen molar-refractivity contribution in [3.63, 3.8) is 0 Å². The van der Waals surface area contributed by atoms with Crippen molar-refractivity contribution < 1.29 is 9.53 Å². The molecule has 20 heavy (non-hydrogen) atoms. The molecule has 1 aliphatic rings. The molecule has 1 aromatic rings. The second-order valence-electron chi connectivity index (χ2n) is 5.52. The Bertz CT molecular complexity index is 442. The highest BCUT2D eigenvalue weighted by atomic mass is 16.5. The van der Waals surface area contributed by atoms with Crippen LogP contribution in [0.5, 0.6) is 0 Å². The van der Waals surface area contributed by atoms with E-state index in [-0.39, 0.29) is 5.91 Å². The van der Waals surface area contributed by atoms with Crippen LogP contribution in [0, 0.1) is 5.92 Å². The monoisotopic (exact) mass is 276 g/mol. The summed E-state index contributed by atoms with van der Waals surface area (Å²) in [5, 5.41) is 2.87. The molecule has 0 aliphatic heterocycles. The van der Waals surface area contributed by atoms with Gasteiger partial charge < -0.3 is 15.8 Å². The van der Waals surface area contributed by atoms with E-state index in [2.05, 4.69) is 5.32 Å². The van der Waals surface area contributed by atoms with Crippen molar-refractivity contribution >= 4 is 11.6 Å². The van der Waals surface area contributed by atoms with E-state index in [4.69, 9.17) is 10.5 Å². The first-order valence-corrected chi connectivity index (χ1v) is 7.40. The zero-order valence-electron chi connectivity index (χ0n) is 12.1. The number of anilines is 1. The van der Waals surface area contributed by atoms with Gasteiger partial charge in [-0.2, -0.15) is 0 Å². The Hall–Kier alpha value is -1.39. The fourth-order valence-electron chi connectivity index (χ4n) is 2.55. The second kappa shape index (κ2) is 7.41. The smallest absolute Gasteiger partial charge is 0.253 e. The zero-order chi connectivity index (χ0) is 14.4. The van der Waals surface area contributed by atoms with Gasteiger partial charge in [0.1, 0.15) is 6.10 Å². The summed E-state index contributed by atoms with van der Waals surface area (Å²) in [6.07, 6.45) is 4.62. The molecule has 0 aromatic heterocycles. The molecule has 0 spiro atoms. The lowest BCUT2D eigenvalue weighted by Gasteiger charge is -2.16. The summed E-state index contributed by atoms with van der Waals surface area (Å²) < 4.78 is 5.68. The molecule has 1 amide bonds. The van der Waals surface area contributed by atoms with Crippen molar-refractivity contribution in [2.24, 2.45) is 11.7 Å². The van der Waals surface area contributed by atoms with Crippen molar-refractivity contribution in [1.29, 1.82) is 0 Å². The molecule has 1 aromatic carbocycles. The third-order valence-electron chi connectivity index (χ3n) is 3.86. The van der Waals surface area contributed by atoms with Gasteiger partial charge in [0.2, 0.25) is 0 Å². The van der Waals surface area contributed by atoms with Gasteiger partial charge in [-0.15, -0.1) is 0 Å². The van der Waals surface area contributed by atoms with Crippen LogP contribution in [0.1, 0.15) is 38.2 Å². The van der Waals surface area contributed by atoms with Crippen molar-refractivity contribution in [1.82, 2.24) is 0 Å². The number of rotatable bonds is 6. The summed E-state index contributed by atoms with van der Waals surface area (Å²) in [5.74, 6) is 0.531. The number of ether oxygens (including phenoxy) is 1. The van der Waals surface area contributed by atoms with Gasteiger partial charge >= 0.3 is 0 Å². The number of carbonyl (C=O) groups excluding carboxylic acids is 1. The fourth-order valence-corrected chi connectivity index (χ4v) is 2.55. The molecule has 0 saturated heterocycles. The molecule has 0 bridgehead atoms. The van der Waals surface area contributed by atoms with E-state index in [1.54, 1.807) is 6.92 Å². The Balaban J connectivity index is 1.80. The summed E-state index contributed by atoms with van der Waals surface area (Å²) >= 11 is 0. The molecule has 1 aliphatic carbocycles. The van der Waals surface area contributed by atoms with Crippen LogP contribution in [-0.4, -0.2) is 18.6 Å². The Morgan fingerprint density at radius 3 is 2.90 bits per heavy atom. The maximum absolute atomic E-state index is 12.0. The molecule has 0 heterocycles. The molecule has 1 fully saturated rings. The van der Waals surface area contributed by atoms with Crippen molar-refractivity contribution in [2.75, 3.05) is 11.9 Å². The van der Waals surface area contributed by atoms with Crippen LogP contribution < -0.4 is 11.1 Å². The molecule has 4 nitrogen and oxygen atoms in total. The minimum Gasteiger partial charge on any atom is -0.368 e. The lowest BCUT2D eigenvalue weighted by molar-refractivity contribution is -0.127. The minimum atomic E-state index is -0.419. The van der Waals surface area contributed by atoms with Crippen molar-refractivity contribution in [3.05, 3.63) is 29.8 Å². The van der Waals surface area contributed by atoms with Crippen LogP contribution >= 0.6 is 0 Å². The maximum Gasteiger partial charge on any atom is 0.253 e. The quantitative estimate of drug-likeness (QED) is 0.839. The van der Waals surface area contributed by atoms with E-state index in [1.807, 2.05) is 24.3 Å². The lowest BCUT2D eigenvalue weighted by atomic mass is 10.1. The maximum atomic E-state index is 12.0. The van der Waals surface area contributed by atoms with Gasteiger partial charge in [0.25, 0.3) is 5.91 Å². The highest BCUT2D eigenvalue weighted by Gasteiger charge is 2.19. The average molecular weight is 276 g/mol. The third kappa shape index (κ3) is 4.32. The van der Waals surface area contributed by atoms with Gasteiger partial charge in [-0.05, 0) is 43.4 Å². The first-order valence-electron chi connectivity index (χ1n) is 7.40. The van der Waals surface area contributed by atoms with E-state index in [0.29, 0.717) is 19.1 Å². The number of amides is 1. The SMILES string of the molecule is CC(OCC1CCCC1)C(=O)Nc1cccc(CN)c1. The number of carbonyl (C=O) groups is 1. The van der Waals surface area contributed by atoms with Gasteiger partial charge in [0, 0.05) is 12.2 Å². The molecule has 0 radical (unpaired) electrons. The molecule has 1 unspecified atom stereocenters. The highest BCUT2D eigenvalue weighted by Crippen LogP contribution is 2.25. The van der Waals surface area contributed by atoms with Crippen molar-refractivity contribution in [3.8, 4) is 0 Å². The van der Waals surface area contributed by atoms with Crippen LogP contribution in [0.3, 0.4) is 0 Å². The van der Waals surface area contributed by atoms with Crippen LogP contribution in [0.15, 0.2) is 24.3 Å². The molecule has 1 saturated carbocycles. The predicted molar refractivity (Wildman–Crippen MR) is 80.3 cm³/mol.